The van der Waals surface area contributed by atoms with Crippen molar-refractivity contribution in [1.82, 2.24) is 4.72 Å². The molecule has 0 aromatic rings. The lowest BCUT2D eigenvalue weighted by atomic mass is 10.7. The van der Waals surface area contributed by atoms with E-state index in [1.54, 1.807) is 6.92 Å². The minimum Gasteiger partial charge on any atom is -0.378 e. The van der Waals surface area contributed by atoms with Crippen LogP contribution in [0.5, 0.6) is 0 Å². The molecule has 0 spiro atoms. The van der Waals surface area contributed by atoms with E-state index in [2.05, 4.69) is 0 Å². The number of rotatable bonds is 4. The van der Waals surface area contributed by atoms with Gasteiger partial charge < -0.3 is 5.11 Å². The van der Waals surface area contributed by atoms with Crippen molar-refractivity contribution in [3.05, 3.63) is 0 Å². The molecule has 0 saturated carbocycles. The second-order valence-corrected chi connectivity index (χ2v) is 5.64. The molecular formula is C4H11NO3S2. The van der Waals surface area contributed by atoms with Crippen LogP contribution in [0.1, 0.15) is 13.8 Å². The van der Waals surface area contributed by atoms with E-state index in [0.717, 1.165) is 10.8 Å². The molecule has 1 unspecified atom stereocenters. The van der Waals surface area contributed by atoms with E-state index >= 15 is 0 Å². The van der Waals surface area contributed by atoms with Gasteiger partial charge in [-0.25, -0.2) is 8.42 Å². The zero-order valence-corrected chi connectivity index (χ0v) is 7.50. The average molecular weight is 185 g/mol. The third kappa shape index (κ3) is 5.04. The molecule has 0 fully saturated rings. The first kappa shape index (κ1) is 10.2. The van der Waals surface area contributed by atoms with Gasteiger partial charge in [-0.15, -0.1) is 0 Å². The molecule has 0 aliphatic carbocycles. The van der Waals surface area contributed by atoms with Crippen LogP contribution >= 0.6 is 10.8 Å². The fourth-order valence-electron chi connectivity index (χ4n) is 0.398. The quantitative estimate of drug-likeness (QED) is 0.474. The van der Waals surface area contributed by atoms with Crippen LogP contribution in [0.4, 0.5) is 0 Å². The first-order chi connectivity index (χ1) is 4.48. The lowest BCUT2D eigenvalue weighted by Gasteiger charge is -2.05. The second kappa shape index (κ2) is 4.17. The molecule has 0 bridgehead atoms. The van der Waals surface area contributed by atoms with Crippen LogP contribution < -0.4 is 4.72 Å². The summed E-state index contributed by atoms with van der Waals surface area (Å²) in [6.07, 6.45) is -1.01. The largest absolute Gasteiger partial charge is 0.378 e. The van der Waals surface area contributed by atoms with Crippen LogP contribution in [0.25, 0.3) is 0 Å². The first-order valence-electron chi connectivity index (χ1n) is 2.82. The fraction of sp³-hybridized carbons (Fsp3) is 1.00. The molecule has 0 saturated heterocycles. The number of nitrogens with one attached hydrogen (secondary N) is 1. The Kier molecular flexibility index (Phi) is 4.26. The van der Waals surface area contributed by atoms with Crippen LogP contribution in [0.15, 0.2) is 0 Å². The molecule has 1 atom stereocenters. The Bertz CT molecular complexity index is 175. The van der Waals surface area contributed by atoms with E-state index in [4.69, 9.17) is 5.11 Å². The molecule has 0 radical (unpaired) electrons. The molecule has 0 aromatic carbocycles. The smallest absolute Gasteiger partial charge is 0.267 e. The molecule has 0 aromatic heterocycles. The molecule has 0 amide bonds. The first-order valence-corrected chi connectivity index (χ1v) is 5.81. The zero-order valence-electron chi connectivity index (χ0n) is 5.86. The molecule has 10 heavy (non-hydrogen) atoms. The van der Waals surface area contributed by atoms with Crippen molar-refractivity contribution in [1.29, 1.82) is 0 Å². The summed E-state index contributed by atoms with van der Waals surface area (Å²) in [6.45, 7) is 3.08. The molecule has 0 aliphatic heterocycles. The molecule has 0 aliphatic rings. The van der Waals surface area contributed by atoms with Gasteiger partial charge in [-0.2, -0.15) is 4.72 Å². The lowest BCUT2D eigenvalue weighted by Crippen LogP contribution is -2.29. The third-order valence-corrected chi connectivity index (χ3v) is 3.69. The van der Waals surface area contributed by atoms with Crippen molar-refractivity contribution in [2.24, 2.45) is 0 Å². The monoisotopic (exact) mass is 185 g/mol. The lowest BCUT2D eigenvalue weighted by molar-refractivity contribution is 0.185. The van der Waals surface area contributed by atoms with Gasteiger partial charge in [0.05, 0.1) is 0 Å². The van der Waals surface area contributed by atoms with Gasteiger partial charge in [-0.05, 0) is 17.7 Å². The van der Waals surface area contributed by atoms with Gasteiger partial charge in [-0.3, -0.25) is 0 Å². The molecule has 0 rings (SSSR count). The van der Waals surface area contributed by atoms with E-state index in [-0.39, 0.29) is 0 Å². The number of hydrogen-bond acceptors (Lipinski definition) is 4. The third-order valence-electron chi connectivity index (χ3n) is 0.588. The van der Waals surface area contributed by atoms with E-state index in [0.29, 0.717) is 5.75 Å². The maximum Gasteiger partial charge on any atom is 0.267 e. The van der Waals surface area contributed by atoms with Gasteiger partial charge in [0.1, 0.15) is 6.23 Å². The van der Waals surface area contributed by atoms with Crippen molar-refractivity contribution in [3.8, 4) is 0 Å². The summed E-state index contributed by atoms with van der Waals surface area (Å²) in [6, 6.07) is 0. The topological polar surface area (TPSA) is 66.4 Å². The number of hydrogen-bond donors (Lipinski definition) is 2. The number of aliphatic hydroxyl groups excluding tert-OH is 1. The Hall–Kier alpha value is 0.220. The summed E-state index contributed by atoms with van der Waals surface area (Å²) in [5, 5.41) is 8.61. The fourth-order valence-corrected chi connectivity index (χ4v) is 2.75. The van der Waals surface area contributed by atoms with E-state index in [1.165, 1.54) is 6.92 Å². The summed E-state index contributed by atoms with van der Waals surface area (Å²) in [5.74, 6) is 0.474. The molecule has 62 valence electrons. The van der Waals surface area contributed by atoms with Gasteiger partial charge in [0.15, 0.2) is 0 Å². The molecule has 0 heterocycles. The zero-order chi connectivity index (χ0) is 8.20. The highest BCUT2D eigenvalue weighted by Gasteiger charge is 2.10. The molecule has 6 heteroatoms. The minimum atomic E-state index is -3.31. The molecule has 4 nitrogen and oxygen atoms in total. The Morgan fingerprint density at radius 2 is 2.20 bits per heavy atom. The van der Waals surface area contributed by atoms with Gasteiger partial charge in [0.25, 0.3) is 9.06 Å². The highest BCUT2D eigenvalue weighted by Crippen LogP contribution is 2.08. The van der Waals surface area contributed by atoms with Crippen LogP contribution in [0, 0.1) is 0 Å². The van der Waals surface area contributed by atoms with Crippen molar-refractivity contribution in [2.45, 2.75) is 20.1 Å². The van der Waals surface area contributed by atoms with Crippen molar-refractivity contribution >= 4 is 19.8 Å². The van der Waals surface area contributed by atoms with Crippen molar-refractivity contribution in [2.75, 3.05) is 5.75 Å². The Balaban J connectivity index is 3.89. The van der Waals surface area contributed by atoms with E-state index < -0.39 is 15.3 Å². The molecule has 2 N–H and O–H groups in total. The Morgan fingerprint density at radius 1 is 1.70 bits per heavy atom. The Morgan fingerprint density at radius 3 is 2.50 bits per heavy atom. The standard InChI is InChI=1S/C4H11NO3S2/c1-3-9-10(7,8)5-4(2)6/h4-6H,3H2,1-2H3. The van der Waals surface area contributed by atoms with Gasteiger partial charge in [0, 0.05) is 5.75 Å². The van der Waals surface area contributed by atoms with Crippen molar-refractivity contribution in [3.63, 3.8) is 0 Å². The normalized spacial score (nSPS) is 15.1. The van der Waals surface area contributed by atoms with Crippen LogP contribution in [-0.2, 0) is 9.06 Å². The Labute approximate surface area is 64.5 Å². The molecular weight excluding hydrogens is 174 g/mol. The maximum absolute atomic E-state index is 10.7. The second-order valence-electron chi connectivity index (χ2n) is 1.65. The summed E-state index contributed by atoms with van der Waals surface area (Å²) >= 11 is 0. The van der Waals surface area contributed by atoms with Gasteiger partial charge in [-0.1, -0.05) is 6.92 Å². The summed E-state index contributed by atoms with van der Waals surface area (Å²) in [4.78, 5) is 0. The predicted octanol–water partition coefficient (Wildman–Crippen LogP) is -0.0878. The predicted molar refractivity (Wildman–Crippen MR) is 41.9 cm³/mol. The van der Waals surface area contributed by atoms with Crippen LogP contribution in [-0.4, -0.2) is 25.5 Å². The van der Waals surface area contributed by atoms with Crippen LogP contribution in [0.3, 0.4) is 0 Å². The van der Waals surface area contributed by atoms with Crippen molar-refractivity contribution < 1.29 is 13.5 Å². The maximum atomic E-state index is 10.7. The minimum absolute atomic E-state index is 0.474. The average Bonchev–Trinajstić information content (AvgIpc) is 1.59. The summed E-state index contributed by atoms with van der Waals surface area (Å²) in [5.41, 5.74) is 0. The SMILES string of the molecule is CCSS(=O)(=O)NC(C)O. The van der Waals surface area contributed by atoms with E-state index in [1.807, 2.05) is 4.72 Å². The van der Waals surface area contributed by atoms with Gasteiger partial charge >= 0.3 is 0 Å². The van der Waals surface area contributed by atoms with E-state index in [9.17, 15) is 8.42 Å². The van der Waals surface area contributed by atoms with Gasteiger partial charge in [0.2, 0.25) is 0 Å². The van der Waals surface area contributed by atoms with Crippen LogP contribution in [0.2, 0.25) is 0 Å². The number of aliphatic hydroxyl groups is 1. The summed E-state index contributed by atoms with van der Waals surface area (Å²) in [7, 11) is -2.55. The highest BCUT2D eigenvalue weighted by atomic mass is 33.1. The highest BCUT2D eigenvalue weighted by molar-refractivity contribution is 8.71. The summed E-state index contributed by atoms with van der Waals surface area (Å²) < 4.78 is 23.5.